The van der Waals surface area contributed by atoms with Crippen molar-refractivity contribution in [3.8, 4) is 0 Å². The van der Waals surface area contributed by atoms with Gasteiger partial charge in [-0.3, -0.25) is 9.59 Å². The molecule has 0 saturated carbocycles. The van der Waals surface area contributed by atoms with E-state index in [9.17, 15) is 9.59 Å². The Balaban J connectivity index is 1.71. The topological polar surface area (TPSA) is 72.8 Å². The first-order valence-electron chi connectivity index (χ1n) is 7.32. The smallest absolute Gasteiger partial charge is 0.307 e. The average Bonchev–Trinajstić information content (AvgIpc) is 3.03. The van der Waals surface area contributed by atoms with Gasteiger partial charge in [0, 0.05) is 5.92 Å². The van der Waals surface area contributed by atoms with Crippen molar-refractivity contribution in [2.45, 2.75) is 51.2 Å². The van der Waals surface area contributed by atoms with E-state index < -0.39 is 17.9 Å². The molecule has 0 aromatic heterocycles. The van der Waals surface area contributed by atoms with Crippen LogP contribution in [0.1, 0.15) is 39.0 Å². The number of unbranched alkanes of at least 4 members (excludes halogenated alkanes) is 1. The van der Waals surface area contributed by atoms with Crippen LogP contribution in [0.2, 0.25) is 0 Å². The lowest BCUT2D eigenvalue weighted by Crippen LogP contribution is -2.24. The highest BCUT2D eigenvalue weighted by Crippen LogP contribution is 2.33. The molecule has 1 saturated heterocycles. The Morgan fingerprint density at radius 2 is 2.25 bits per heavy atom. The minimum atomic E-state index is -0.915. The lowest BCUT2D eigenvalue weighted by Gasteiger charge is -2.16. The van der Waals surface area contributed by atoms with Gasteiger partial charge in [0.15, 0.2) is 0 Å². The second kappa shape index (κ2) is 6.88. The lowest BCUT2D eigenvalue weighted by molar-refractivity contribution is -0.152. The molecule has 0 aromatic rings. The van der Waals surface area contributed by atoms with Gasteiger partial charge in [-0.1, -0.05) is 31.9 Å². The van der Waals surface area contributed by atoms with Crippen LogP contribution in [-0.2, 0) is 19.1 Å². The number of carboxylic acid groups (broad SMARTS) is 1. The summed E-state index contributed by atoms with van der Waals surface area (Å²) in [7, 11) is 0. The molecule has 0 amide bonds. The Morgan fingerprint density at radius 3 is 2.80 bits per heavy atom. The van der Waals surface area contributed by atoms with Gasteiger partial charge in [-0.25, -0.2) is 0 Å². The molecule has 2 bridgehead atoms. The molecule has 0 aromatic carbocycles. The van der Waals surface area contributed by atoms with Crippen LogP contribution in [0.3, 0.4) is 0 Å². The van der Waals surface area contributed by atoms with Crippen molar-refractivity contribution >= 4 is 11.9 Å². The molecule has 4 atom stereocenters. The van der Waals surface area contributed by atoms with Gasteiger partial charge < -0.3 is 14.6 Å². The van der Waals surface area contributed by atoms with E-state index in [4.69, 9.17) is 14.6 Å². The van der Waals surface area contributed by atoms with E-state index in [1.165, 1.54) is 0 Å². The molecule has 5 nitrogen and oxygen atoms in total. The molecule has 2 aliphatic heterocycles. The largest absolute Gasteiger partial charge is 0.481 e. The molecule has 0 spiro atoms. The number of carbonyl (C=O) groups excluding carboxylic acids is 1. The highest BCUT2D eigenvalue weighted by Gasteiger charge is 2.37. The van der Waals surface area contributed by atoms with Crippen LogP contribution in [0.25, 0.3) is 0 Å². The monoisotopic (exact) mass is 282 g/mol. The second-order valence-corrected chi connectivity index (χ2v) is 5.58. The first kappa shape index (κ1) is 15.0. The molecule has 2 heterocycles. The molecule has 112 valence electrons. The van der Waals surface area contributed by atoms with E-state index >= 15 is 0 Å². The van der Waals surface area contributed by atoms with Crippen LogP contribution >= 0.6 is 0 Å². The molecule has 0 radical (unpaired) electrons. The quantitative estimate of drug-likeness (QED) is 0.545. The van der Waals surface area contributed by atoms with Crippen molar-refractivity contribution in [2.75, 3.05) is 6.61 Å². The van der Waals surface area contributed by atoms with Crippen molar-refractivity contribution in [1.29, 1.82) is 0 Å². The number of rotatable bonds is 8. The Morgan fingerprint density at radius 1 is 1.45 bits per heavy atom. The molecular formula is C15H22O5. The van der Waals surface area contributed by atoms with Crippen LogP contribution in [-0.4, -0.2) is 35.9 Å². The molecule has 2 rings (SSSR count). The van der Waals surface area contributed by atoms with E-state index in [2.05, 4.69) is 0 Å². The summed E-state index contributed by atoms with van der Waals surface area (Å²) in [5.41, 5.74) is 0. The SMILES string of the molecule is CCCCC(CC(=O)OCC1CC2C=CC1O2)C(=O)O. The number of carbonyl (C=O) groups is 2. The van der Waals surface area contributed by atoms with E-state index in [0.717, 1.165) is 19.3 Å². The maximum atomic E-state index is 11.7. The van der Waals surface area contributed by atoms with E-state index in [0.29, 0.717) is 13.0 Å². The average molecular weight is 282 g/mol. The molecule has 0 aliphatic carbocycles. The van der Waals surface area contributed by atoms with Gasteiger partial charge in [0.2, 0.25) is 0 Å². The van der Waals surface area contributed by atoms with Gasteiger partial charge >= 0.3 is 11.9 Å². The van der Waals surface area contributed by atoms with Crippen LogP contribution < -0.4 is 0 Å². The normalized spacial score (nSPS) is 28.6. The Labute approximate surface area is 118 Å². The Bertz CT molecular complexity index is 390. The van der Waals surface area contributed by atoms with Crippen LogP contribution in [0.15, 0.2) is 12.2 Å². The van der Waals surface area contributed by atoms with Gasteiger partial charge in [-0.2, -0.15) is 0 Å². The Hall–Kier alpha value is -1.36. The van der Waals surface area contributed by atoms with E-state index in [-0.39, 0.29) is 24.5 Å². The number of fused-ring (bicyclic) bond motifs is 2. The number of esters is 1. The van der Waals surface area contributed by atoms with Crippen LogP contribution in [0.5, 0.6) is 0 Å². The van der Waals surface area contributed by atoms with Gasteiger partial charge in [-0.15, -0.1) is 0 Å². The number of ether oxygens (including phenoxy) is 2. The van der Waals surface area contributed by atoms with E-state index in [1.807, 2.05) is 19.1 Å². The zero-order valence-corrected chi connectivity index (χ0v) is 11.8. The van der Waals surface area contributed by atoms with Gasteiger partial charge in [0.1, 0.15) is 0 Å². The Kier molecular flexibility index (Phi) is 5.17. The highest BCUT2D eigenvalue weighted by molar-refractivity contribution is 5.78. The molecule has 1 fully saturated rings. The van der Waals surface area contributed by atoms with Crippen molar-refractivity contribution in [3.63, 3.8) is 0 Å². The summed E-state index contributed by atoms with van der Waals surface area (Å²) < 4.78 is 10.8. The molecule has 5 heteroatoms. The standard InChI is InChI=1S/C15H22O5/c1-2-3-4-10(15(17)18)8-14(16)19-9-11-7-12-5-6-13(11)20-12/h5-6,10-13H,2-4,7-9H2,1H3,(H,17,18). The first-order valence-corrected chi connectivity index (χ1v) is 7.32. The van der Waals surface area contributed by atoms with Crippen molar-refractivity contribution in [3.05, 3.63) is 12.2 Å². The van der Waals surface area contributed by atoms with Crippen molar-refractivity contribution < 1.29 is 24.2 Å². The fourth-order valence-electron chi connectivity index (χ4n) is 2.75. The molecule has 2 aliphatic rings. The number of hydrogen-bond donors (Lipinski definition) is 1. The summed E-state index contributed by atoms with van der Waals surface area (Å²) >= 11 is 0. The lowest BCUT2D eigenvalue weighted by atomic mass is 9.95. The summed E-state index contributed by atoms with van der Waals surface area (Å²) in [5, 5.41) is 9.08. The van der Waals surface area contributed by atoms with Crippen LogP contribution in [0.4, 0.5) is 0 Å². The maximum absolute atomic E-state index is 11.7. The van der Waals surface area contributed by atoms with E-state index in [1.54, 1.807) is 0 Å². The highest BCUT2D eigenvalue weighted by atomic mass is 16.5. The summed E-state index contributed by atoms with van der Waals surface area (Å²) in [4.78, 5) is 22.8. The fraction of sp³-hybridized carbons (Fsp3) is 0.733. The third kappa shape index (κ3) is 3.82. The summed E-state index contributed by atoms with van der Waals surface area (Å²) in [6.07, 6.45) is 7.38. The second-order valence-electron chi connectivity index (χ2n) is 5.58. The zero-order valence-electron chi connectivity index (χ0n) is 11.8. The fourth-order valence-corrected chi connectivity index (χ4v) is 2.75. The first-order chi connectivity index (χ1) is 9.60. The van der Waals surface area contributed by atoms with Gasteiger partial charge in [-0.05, 0) is 12.8 Å². The maximum Gasteiger partial charge on any atom is 0.307 e. The third-order valence-electron chi connectivity index (χ3n) is 3.97. The zero-order chi connectivity index (χ0) is 14.5. The van der Waals surface area contributed by atoms with Crippen molar-refractivity contribution in [2.24, 2.45) is 11.8 Å². The predicted molar refractivity (Wildman–Crippen MR) is 72.1 cm³/mol. The summed E-state index contributed by atoms with van der Waals surface area (Å²) in [6, 6.07) is 0. The molecule has 1 N–H and O–H groups in total. The molecule has 4 unspecified atom stereocenters. The van der Waals surface area contributed by atoms with Gasteiger partial charge in [0.25, 0.3) is 0 Å². The molecular weight excluding hydrogens is 260 g/mol. The predicted octanol–water partition coefficient (Wildman–Crippen LogP) is 2.15. The number of hydrogen-bond acceptors (Lipinski definition) is 4. The minimum absolute atomic E-state index is 0.0349. The van der Waals surface area contributed by atoms with Crippen LogP contribution in [0, 0.1) is 11.8 Å². The summed E-state index contributed by atoms with van der Waals surface area (Å²) in [6.45, 7) is 2.32. The third-order valence-corrected chi connectivity index (χ3v) is 3.97. The number of aliphatic carboxylic acids is 1. The van der Waals surface area contributed by atoms with Gasteiger partial charge in [0.05, 0.1) is 31.2 Å². The molecule has 20 heavy (non-hydrogen) atoms. The number of carboxylic acids is 1. The minimum Gasteiger partial charge on any atom is -0.481 e. The summed E-state index contributed by atoms with van der Waals surface area (Å²) in [5.74, 6) is -1.74. The van der Waals surface area contributed by atoms with Crippen molar-refractivity contribution in [1.82, 2.24) is 0 Å².